The maximum Gasteiger partial charge on any atom is 0.112 e. The summed E-state index contributed by atoms with van der Waals surface area (Å²) in [6.45, 7) is 3.58. The quantitative estimate of drug-likeness (QED) is 0.161. The van der Waals surface area contributed by atoms with Crippen LogP contribution in [0.1, 0.15) is 90.4 Å². The molecule has 0 N–H and O–H groups in total. The predicted molar refractivity (Wildman–Crippen MR) is 122 cm³/mol. The van der Waals surface area contributed by atoms with E-state index in [0.717, 1.165) is 19.3 Å². The topological polar surface area (TPSA) is 49.4 Å². The van der Waals surface area contributed by atoms with Crippen molar-refractivity contribution >= 4 is 5.97 Å². The van der Waals surface area contributed by atoms with Crippen molar-refractivity contribution in [1.82, 2.24) is 0 Å². The van der Waals surface area contributed by atoms with Crippen LogP contribution in [0.15, 0.2) is 24.3 Å². The number of rotatable bonds is 20. The summed E-state index contributed by atoms with van der Waals surface area (Å²) < 4.78 is 6.49. The molecule has 0 aromatic rings. The summed E-state index contributed by atoms with van der Waals surface area (Å²) in [7, 11) is 6.14. The molecule has 0 aliphatic heterocycles. The minimum atomic E-state index is -1.03. The van der Waals surface area contributed by atoms with Crippen LogP contribution in [0.3, 0.4) is 0 Å². The summed E-state index contributed by atoms with van der Waals surface area (Å²) in [5, 5.41) is 10.9. The van der Waals surface area contributed by atoms with Crippen molar-refractivity contribution in [2.24, 2.45) is 0 Å². The molecule has 0 saturated heterocycles. The van der Waals surface area contributed by atoms with Gasteiger partial charge in [-0.05, 0) is 38.5 Å². The Hall–Kier alpha value is -1.13. The van der Waals surface area contributed by atoms with Crippen LogP contribution in [-0.2, 0) is 9.53 Å². The van der Waals surface area contributed by atoms with Gasteiger partial charge in [-0.25, -0.2) is 0 Å². The normalized spacial score (nSPS) is 13.5. The number of hydrogen-bond acceptors (Lipinski definition) is 3. The summed E-state index contributed by atoms with van der Waals surface area (Å²) in [5.41, 5.74) is 0. The molecular formula is C25H47NO3. The molecule has 0 rings (SSSR count). The molecule has 1 atom stereocenters. The second kappa shape index (κ2) is 18.9. The van der Waals surface area contributed by atoms with Gasteiger partial charge in [0.1, 0.15) is 12.6 Å². The van der Waals surface area contributed by atoms with Crippen molar-refractivity contribution in [2.45, 2.75) is 96.5 Å². The minimum Gasteiger partial charge on any atom is -0.550 e. The molecular weight excluding hydrogens is 362 g/mol. The fourth-order valence-corrected chi connectivity index (χ4v) is 3.31. The zero-order valence-electron chi connectivity index (χ0n) is 19.7. The lowest BCUT2D eigenvalue weighted by Gasteiger charge is -2.29. The Balaban J connectivity index is 3.53. The molecule has 0 fully saturated rings. The molecule has 0 aromatic carbocycles. The fourth-order valence-electron chi connectivity index (χ4n) is 3.31. The second-order valence-electron chi connectivity index (χ2n) is 9.13. The van der Waals surface area contributed by atoms with Gasteiger partial charge in [-0.15, -0.1) is 0 Å². The van der Waals surface area contributed by atoms with E-state index in [2.05, 4.69) is 31.2 Å². The lowest BCUT2D eigenvalue weighted by molar-refractivity contribution is -0.873. The van der Waals surface area contributed by atoms with Crippen LogP contribution in [0.25, 0.3) is 0 Å². The van der Waals surface area contributed by atoms with E-state index in [1.54, 1.807) is 0 Å². The standard InChI is InChI=1S/C25H47NO3/c1-5-6-7-8-9-10-11-12-13-14-15-16-17-18-19-20-21-29-24(22-25(27)28)23-26(2,3)4/h9-10,12-13,24H,5-8,11,14-23H2,1-4H3/b10-9-,13-12-. The average molecular weight is 410 g/mol. The lowest BCUT2D eigenvalue weighted by Crippen LogP contribution is -2.44. The SMILES string of the molecule is CCCCC/C=C\C/C=C\CCCCCCCCOC(CC(=O)[O-])C[N+](C)(C)C. The lowest BCUT2D eigenvalue weighted by atomic mass is 10.1. The van der Waals surface area contributed by atoms with Crippen molar-refractivity contribution in [2.75, 3.05) is 34.3 Å². The number of ether oxygens (including phenoxy) is 1. The molecule has 170 valence electrons. The average Bonchev–Trinajstić information content (AvgIpc) is 2.62. The van der Waals surface area contributed by atoms with Gasteiger partial charge < -0.3 is 19.1 Å². The van der Waals surface area contributed by atoms with E-state index in [-0.39, 0.29) is 12.5 Å². The smallest absolute Gasteiger partial charge is 0.112 e. The first-order valence-electron chi connectivity index (χ1n) is 11.8. The zero-order valence-corrected chi connectivity index (χ0v) is 19.7. The van der Waals surface area contributed by atoms with Gasteiger partial charge in [0.05, 0.1) is 21.1 Å². The van der Waals surface area contributed by atoms with Crippen molar-refractivity contribution in [3.8, 4) is 0 Å². The summed E-state index contributed by atoms with van der Waals surface area (Å²) in [4.78, 5) is 10.9. The molecule has 29 heavy (non-hydrogen) atoms. The molecule has 0 aliphatic rings. The molecule has 4 nitrogen and oxygen atoms in total. The van der Waals surface area contributed by atoms with Crippen molar-refractivity contribution in [3.63, 3.8) is 0 Å². The largest absolute Gasteiger partial charge is 0.550 e. The van der Waals surface area contributed by atoms with Gasteiger partial charge in [-0.2, -0.15) is 0 Å². The molecule has 0 aromatic heterocycles. The van der Waals surface area contributed by atoms with Gasteiger partial charge in [0, 0.05) is 19.0 Å². The highest BCUT2D eigenvalue weighted by atomic mass is 16.5. The number of carboxylic acid groups (broad SMARTS) is 1. The summed E-state index contributed by atoms with van der Waals surface area (Å²) in [6.07, 6.45) is 23.6. The van der Waals surface area contributed by atoms with Gasteiger partial charge in [-0.3, -0.25) is 0 Å². The summed E-state index contributed by atoms with van der Waals surface area (Å²) in [5.74, 6) is -1.03. The number of unbranched alkanes of at least 4 members (excludes halogenated alkanes) is 9. The molecule has 4 heteroatoms. The number of quaternary nitrogens is 1. The first kappa shape index (κ1) is 27.9. The van der Waals surface area contributed by atoms with Crippen LogP contribution < -0.4 is 5.11 Å². The molecule has 0 saturated carbocycles. The Morgan fingerprint density at radius 2 is 1.41 bits per heavy atom. The Morgan fingerprint density at radius 3 is 1.97 bits per heavy atom. The summed E-state index contributed by atoms with van der Waals surface area (Å²) in [6, 6.07) is 0. The number of hydrogen-bond donors (Lipinski definition) is 0. The van der Waals surface area contributed by atoms with Gasteiger partial charge in [0.2, 0.25) is 0 Å². The predicted octanol–water partition coefficient (Wildman–Crippen LogP) is 5.03. The van der Waals surface area contributed by atoms with Crippen molar-refractivity contribution in [1.29, 1.82) is 0 Å². The third-order valence-corrected chi connectivity index (χ3v) is 4.84. The summed E-state index contributed by atoms with van der Waals surface area (Å²) >= 11 is 0. The first-order chi connectivity index (χ1) is 13.8. The van der Waals surface area contributed by atoms with Crippen LogP contribution in [0.2, 0.25) is 0 Å². The molecule has 1 unspecified atom stereocenters. The maximum atomic E-state index is 10.9. The van der Waals surface area contributed by atoms with Crippen LogP contribution in [-0.4, -0.2) is 50.9 Å². The second-order valence-corrected chi connectivity index (χ2v) is 9.13. The van der Waals surface area contributed by atoms with E-state index in [1.165, 1.54) is 57.8 Å². The Bertz CT molecular complexity index is 438. The number of carbonyl (C=O) groups excluding carboxylic acids is 1. The number of allylic oxidation sites excluding steroid dienone is 4. The molecule has 0 spiro atoms. The van der Waals surface area contributed by atoms with Gasteiger partial charge >= 0.3 is 0 Å². The molecule has 0 bridgehead atoms. The van der Waals surface area contributed by atoms with Crippen LogP contribution in [0, 0.1) is 0 Å². The number of nitrogens with zero attached hydrogens (tertiary/aromatic N) is 1. The monoisotopic (exact) mass is 409 g/mol. The van der Waals surface area contributed by atoms with E-state index in [0.29, 0.717) is 17.6 Å². The number of likely N-dealkylation sites (N-methyl/N-ethyl adjacent to an activating group) is 1. The zero-order chi connectivity index (χ0) is 21.8. The third-order valence-electron chi connectivity index (χ3n) is 4.84. The number of carbonyl (C=O) groups is 1. The van der Waals surface area contributed by atoms with Crippen LogP contribution in [0.5, 0.6) is 0 Å². The Labute approximate surface area is 180 Å². The van der Waals surface area contributed by atoms with E-state index in [9.17, 15) is 9.90 Å². The number of aliphatic carboxylic acids is 1. The molecule has 0 amide bonds. The van der Waals surface area contributed by atoms with Gasteiger partial charge in [-0.1, -0.05) is 69.8 Å². The van der Waals surface area contributed by atoms with Gasteiger partial charge in [0.15, 0.2) is 0 Å². The highest BCUT2D eigenvalue weighted by Crippen LogP contribution is 2.10. The maximum absolute atomic E-state index is 10.9. The highest BCUT2D eigenvalue weighted by molar-refractivity contribution is 5.64. The number of carboxylic acids is 1. The van der Waals surface area contributed by atoms with Crippen LogP contribution in [0.4, 0.5) is 0 Å². The van der Waals surface area contributed by atoms with Crippen LogP contribution >= 0.6 is 0 Å². The minimum absolute atomic E-state index is 0.0162. The Kier molecular flexibility index (Phi) is 18.1. The highest BCUT2D eigenvalue weighted by Gasteiger charge is 2.18. The molecule has 0 aliphatic carbocycles. The van der Waals surface area contributed by atoms with E-state index < -0.39 is 5.97 Å². The van der Waals surface area contributed by atoms with E-state index in [4.69, 9.17) is 4.74 Å². The molecule has 0 heterocycles. The van der Waals surface area contributed by atoms with Crippen molar-refractivity contribution < 1.29 is 19.1 Å². The first-order valence-corrected chi connectivity index (χ1v) is 11.8. The molecule has 0 radical (unpaired) electrons. The third kappa shape index (κ3) is 23.0. The van der Waals surface area contributed by atoms with Crippen molar-refractivity contribution in [3.05, 3.63) is 24.3 Å². The Morgan fingerprint density at radius 1 is 0.862 bits per heavy atom. The van der Waals surface area contributed by atoms with E-state index >= 15 is 0 Å². The van der Waals surface area contributed by atoms with Gasteiger partial charge in [0.25, 0.3) is 0 Å². The van der Waals surface area contributed by atoms with E-state index in [1.807, 2.05) is 21.1 Å². The fraction of sp³-hybridized carbons (Fsp3) is 0.800.